The largest absolute Gasteiger partial charge is 0.565 e. The van der Waals surface area contributed by atoms with Crippen LogP contribution in [0.1, 0.15) is 24.0 Å². The quantitative estimate of drug-likeness (QED) is 0.788. The van der Waals surface area contributed by atoms with E-state index in [9.17, 15) is 4.79 Å². The summed E-state index contributed by atoms with van der Waals surface area (Å²) in [7, 11) is 0. The van der Waals surface area contributed by atoms with Crippen molar-refractivity contribution in [3.8, 4) is 0 Å². The van der Waals surface area contributed by atoms with Gasteiger partial charge in [0.05, 0.1) is 0 Å². The van der Waals surface area contributed by atoms with Gasteiger partial charge in [-0.2, -0.15) is 0 Å². The third-order valence-electron chi connectivity index (χ3n) is 3.19. The molecule has 0 unspecified atom stereocenters. The standard InChI is InChI=1S/C16H19NO2/c17-15(11-16(18)19)10-14-7-3-6-13(9-14)8-12-4-1-2-5-12/h1,3-7,9,15H,2,8,10-11,17H2,(H,18,19)/p+1/t15-/m0/s1. The first-order valence-corrected chi connectivity index (χ1v) is 6.57. The molecule has 1 aromatic rings. The van der Waals surface area contributed by atoms with Gasteiger partial charge < -0.3 is 10.8 Å². The molecule has 0 spiro atoms. The number of benzene rings is 1. The van der Waals surface area contributed by atoms with Gasteiger partial charge in [0.1, 0.15) is 6.42 Å². The average Bonchev–Trinajstić information content (AvgIpc) is 2.81. The minimum atomic E-state index is -0.593. The van der Waals surface area contributed by atoms with Gasteiger partial charge >= 0.3 is 5.97 Å². The molecule has 1 aliphatic carbocycles. The number of carbonyl (C=O) groups is 1. The predicted octanol–water partition coefficient (Wildman–Crippen LogP) is 1.63. The van der Waals surface area contributed by atoms with E-state index in [4.69, 9.17) is 10.8 Å². The van der Waals surface area contributed by atoms with Gasteiger partial charge in [0.2, 0.25) is 0 Å². The van der Waals surface area contributed by atoms with Crippen LogP contribution in [0.25, 0.3) is 0 Å². The predicted molar refractivity (Wildman–Crippen MR) is 76.9 cm³/mol. The fourth-order valence-electron chi connectivity index (χ4n) is 2.35. The average molecular weight is 258 g/mol. The van der Waals surface area contributed by atoms with Crippen molar-refractivity contribution in [2.45, 2.75) is 31.7 Å². The molecule has 100 valence electrons. The molecule has 0 radical (unpaired) electrons. The maximum atomic E-state index is 10.7. The lowest BCUT2D eigenvalue weighted by molar-refractivity contribution is -0.137. The Labute approximate surface area is 113 Å². The molecule has 1 aliphatic rings. The Morgan fingerprint density at radius 2 is 2.16 bits per heavy atom. The van der Waals surface area contributed by atoms with E-state index in [0.717, 1.165) is 18.4 Å². The van der Waals surface area contributed by atoms with Crippen LogP contribution in [0, 0.1) is 0 Å². The Bertz CT molecular complexity index is 517. The first-order valence-electron chi connectivity index (χ1n) is 6.57. The molecule has 1 atom stereocenters. The molecule has 19 heavy (non-hydrogen) atoms. The highest BCUT2D eigenvalue weighted by molar-refractivity contribution is 5.67. The summed E-state index contributed by atoms with van der Waals surface area (Å²) >= 11 is 0. The van der Waals surface area contributed by atoms with Gasteiger partial charge in [-0.1, -0.05) is 42.5 Å². The smallest absolute Gasteiger partial charge is 0.517 e. The summed E-state index contributed by atoms with van der Waals surface area (Å²) in [4.78, 5) is 10.7. The fraction of sp³-hybridized carbons (Fsp3) is 0.312. The number of carbonyl (C=O) groups excluding carboxylic acids is 1. The Morgan fingerprint density at radius 3 is 2.84 bits per heavy atom. The molecular weight excluding hydrogens is 238 g/mol. The maximum absolute atomic E-state index is 10.7. The van der Waals surface area contributed by atoms with Crippen molar-refractivity contribution in [1.82, 2.24) is 0 Å². The van der Waals surface area contributed by atoms with E-state index in [1.807, 2.05) is 12.1 Å². The lowest BCUT2D eigenvalue weighted by atomic mass is 9.99. The Morgan fingerprint density at radius 1 is 1.37 bits per heavy atom. The topological polar surface area (TPSA) is 66.0 Å². The maximum Gasteiger partial charge on any atom is 0.517 e. The van der Waals surface area contributed by atoms with E-state index < -0.39 is 5.97 Å². The summed E-state index contributed by atoms with van der Waals surface area (Å²) < 4.78 is 0. The molecule has 0 amide bonds. The number of rotatable bonds is 6. The lowest BCUT2D eigenvalue weighted by Gasteiger charge is -2.09. The van der Waals surface area contributed by atoms with Crippen molar-refractivity contribution in [3.63, 3.8) is 0 Å². The van der Waals surface area contributed by atoms with E-state index in [1.165, 1.54) is 11.1 Å². The van der Waals surface area contributed by atoms with Gasteiger partial charge in [0.25, 0.3) is 0 Å². The van der Waals surface area contributed by atoms with Crippen LogP contribution in [-0.4, -0.2) is 17.1 Å². The van der Waals surface area contributed by atoms with Crippen LogP contribution < -0.4 is 5.73 Å². The molecule has 4 N–H and O–H groups in total. The SMILES string of the molecule is N[C@H](CC(=O)[OH2+])Cc1cccc(CC2=CCC=C2)c1. The van der Waals surface area contributed by atoms with E-state index in [0.29, 0.717) is 6.42 Å². The van der Waals surface area contributed by atoms with Crippen LogP contribution in [0.15, 0.2) is 48.1 Å². The summed E-state index contributed by atoms with van der Waals surface area (Å²) in [6, 6.07) is 8.04. The zero-order valence-electron chi connectivity index (χ0n) is 10.9. The van der Waals surface area contributed by atoms with E-state index in [1.54, 1.807) is 0 Å². The molecule has 0 aromatic heterocycles. The molecule has 0 saturated heterocycles. The normalized spacial score (nSPS) is 15.3. The van der Waals surface area contributed by atoms with E-state index in [2.05, 4.69) is 30.4 Å². The van der Waals surface area contributed by atoms with Gasteiger partial charge in [-0.15, -0.1) is 0 Å². The molecule has 0 heterocycles. The van der Waals surface area contributed by atoms with Crippen molar-refractivity contribution in [3.05, 3.63) is 59.2 Å². The zero-order valence-corrected chi connectivity index (χ0v) is 10.9. The summed E-state index contributed by atoms with van der Waals surface area (Å²) in [5.41, 5.74) is 9.60. The molecule has 0 aliphatic heterocycles. The van der Waals surface area contributed by atoms with E-state index >= 15 is 0 Å². The lowest BCUT2D eigenvalue weighted by Crippen LogP contribution is -2.26. The van der Waals surface area contributed by atoms with Crippen LogP contribution in [0.3, 0.4) is 0 Å². The van der Waals surface area contributed by atoms with Crippen molar-refractivity contribution in [2.24, 2.45) is 5.73 Å². The fourth-order valence-corrected chi connectivity index (χ4v) is 2.35. The molecule has 0 fully saturated rings. The monoisotopic (exact) mass is 258 g/mol. The van der Waals surface area contributed by atoms with Gasteiger partial charge in [0.15, 0.2) is 0 Å². The summed E-state index contributed by atoms with van der Waals surface area (Å²) in [5, 5.41) is 6.93. The van der Waals surface area contributed by atoms with Crippen LogP contribution in [0.5, 0.6) is 0 Å². The van der Waals surface area contributed by atoms with E-state index in [-0.39, 0.29) is 12.5 Å². The molecular formula is C16H20NO2+. The zero-order chi connectivity index (χ0) is 13.7. The second-order valence-corrected chi connectivity index (χ2v) is 5.01. The van der Waals surface area contributed by atoms with Crippen molar-refractivity contribution in [1.29, 1.82) is 0 Å². The molecule has 3 heteroatoms. The number of allylic oxidation sites excluding steroid dienone is 4. The van der Waals surface area contributed by atoms with Crippen LogP contribution >= 0.6 is 0 Å². The third kappa shape index (κ3) is 4.38. The van der Waals surface area contributed by atoms with Gasteiger partial charge in [-0.05, 0) is 36.0 Å². The molecule has 0 saturated carbocycles. The van der Waals surface area contributed by atoms with Crippen molar-refractivity contribution < 1.29 is 9.90 Å². The minimum absolute atomic E-state index is 0.123. The Kier molecular flexibility index (Phi) is 4.53. The molecule has 3 nitrogen and oxygen atoms in total. The second-order valence-electron chi connectivity index (χ2n) is 5.01. The first-order chi connectivity index (χ1) is 9.13. The molecule has 0 bridgehead atoms. The Hall–Kier alpha value is -1.87. The van der Waals surface area contributed by atoms with Crippen LogP contribution in [0.2, 0.25) is 0 Å². The summed E-state index contributed by atoms with van der Waals surface area (Å²) in [6.45, 7) is 0. The highest BCUT2D eigenvalue weighted by atomic mass is 16.4. The van der Waals surface area contributed by atoms with Gasteiger partial charge in [0, 0.05) is 10.8 Å². The highest BCUT2D eigenvalue weighted by Gasteiger charge is 2.14. The number of hydrogen-bond donors (Lipinski definition) is 1. The van der Waals surface area contributed by atoms with Crippen LogP contribution in [0.4, 0.5) is 0 Å². The van der Waals surface area contributed by atoms with Crippen molar-refractivity contribution in [2.75, 3.05) is 0 Å². The van der Waals surface area contributed by atoms with Gasteiger partial charge in [-0.3, -0.25) is 0 Å². The number of nitrogens with two attached hydrogens (primary N) is 1. The Balaban J connectivity index is 1.98. The number of hydrogen-bond acceptors (Lipinski definition) is 2. The second kappa shape index (κ2) is 6.34. The highest BCUT2D eigenvalue weighted by Crippen LogP contribution is 2.17. The summed E-state index contributed by atoms with van der Waals surface area (Å²) in [6.07, 6.45) is 9.30. The summed E-state index contributed by atoms with van der Waals surface area (Å²) in [5.74, 6) is -0.593. The van der Waals surface area contributed by atoms with Crippen molar-refractivity contribution >= 4 is 5.97 Å². The molecule has 2 rings (SSSR count). The van der Waals surface area contributed by atoms with Crippen LogP contribution in [-0.2, 0) is 17.6 Å². The molecule has 1 aromatic carbocycles. The minimum Gasteiger partial charge on any atom is -0.565 e. The first kappa shape index (κ1) is 13.6. The third-order valence-corrected chi connectivity index (χ3v) is 3.19. The van der Waals surface area contributed by atoms with Gasteiger partial charge in [-0.25, -0.2) is 0 Å².